The molecular weight excluding hydrogens is 1160 g/mol. The van der Waals surface area contributed by atoms with E-state index in [0.717, 1.165) is 102 Å². The number of aliphatic hydroxyl groups is 1. The van der Waals surface area contributed by atoms with Crippen molar-refractivity contribution in [3.05, 3.63) is 0 Å². The maximum atomic E-state index is 13.0. The Morgan fingerprint density at radius 3 is 0.807 bits per heavy atom. The van der Waals surface area contributed by atoms with E-state index in [4.69, 9.17) is 37.0 Å². The zero-order valence-electron chi connectivity index (χ0n) is 56.9. The minimum Gasteiger partial charge on any atom is -0.462 e. The molecule has 0 aliphatic heterocycles. The highest BCUT2D eigenvalue weighted by atomic mass is 31.2. The molecule has 0 bridgehead atoms. The summed E-state index contributed by atoms with van der Waals surface area (Å²) < 4.78 is 68.0. The zero-order chi connectivity index (χ0) is 64.9. The summed E-state index contributed by atoms with van der Waals surface area (Å²) in [5.74, 6) is -1.29. The Morgan fingerprint density at radius 1 is 0.318 bits per heavy atom. The summed E-state index contributed by atoms with van der Waals surface area (Å²) >= 11 is 0. The number of hydrogen-bond donors (Lipinski definition) is 3. The van der Waals surface area contributed by atoms with Crippen LogP contribution in [-0.2, 0) is 65.4 Å². The largest absolute Gasteiger partial charge is 0.472 e. The van der Waals surface area contributed by atoms with Gasteiger partial charge >= 0.3 is 39.5 Å². The third kappa shape index (κ3) is 61.6. The highest BCUT2D eigenvalue weighted by Gasteiger charge is 2.30. The third-order valence-corrected chi connectivity index (χ3v) is 18.3. The molecule has 3 N–H and O–H groups in total. The van der Waals surface area contributed by atoms with Gasteiger partial charge < -0.3 is 33.8 Å². The van der Waals surface area contributed by atoms with Crippen molar-refractivity contribution < 1.29 is 80.2 Å². The molecule has 0 aromatic carbocycles. The monoisotopic (exact) mass is 1300 g/mol. The molecule has 0 aromatic rings. The van der Waals surface area contributed by atoms with Crippen LogP contribution in [0.25, 0.3) is 0 Å². The average Bonchev–Trinajstić information content (AvgIpc) is 3.64. The van der Waals surface area contributed by atoms with Crippen LogP contribution in [0.15, 0.2) is 0 Å². The highest BCUT2D eigenvalue weighted by molar-refractivity contribution is 7.47. The molecule has 0 saturated carbocycles. The van der Waals surface area contributed by atoms with E-state index < -0.39 is 97.5 Å². The molecule has 6 atom stereocenters. The summed E-state index contributed by atoms with van der Waals surface area (Å²) in [5.41, 5.74) is 0. The molecule has 3 unspecified atom stereocenters. The number of carbonyl (C=O) groups excluding carboxylic acids is 4. The summed E-state index contributed by atoms with van der Waals surface area (Å²) in [6, 6.07) is 0. The van der Waals surface area contributed by atoms with Gasteiger partial charge in [0.1, 0.15) is 19.3 Å². The summed E-state index contributed by atoms with van der Waals surface area (Å²) in [4.78, 5) is 72.2. The molecule has 0 fully saturated rings. The molecule has 17 nitrogen and oxygen atoms in total. The number of carbonyl (C=O) groups is 4. The van der Waals surface area contributed by atoms with E-state index in [1.165, 1.54) is 173 Å². The van der Waals surface area contributed by atoms with E-state index in [0.29, 0.717) is 25.7 Å². The lowest BCUT2D eigenvalue weighted by Gasteiger charge is -2.21. The first-order chi connectivity index (χ1) is 42.6. The second-order valence-corrected chi connectivity index (χ2v) is 28.1. The number of unbranched alkanes of at least 4 members (excludes halogenated alkanes) is 40. The number of hydrogen-bond acceptors (Lipinski definition) is 15. The molecule has 0 amide bonds. The van der Waals surface area contributed by atoms with Gasteiger partial charge in [0.15, 0.2) is 12.2 Å². The van der Waals surface area contributed by atoms with Gasteiger partial charge in [-0.25, -0.2) is 9.13 Å². The van der Waals surface area contributed by atoms with E-state index in [1.54, 1.807) is 0 Å². The van der Waals surface area contributed by atoms with Crippen LogP contribution in [0.5, 0.6) is 0 Å². The van der Waals surface area contributed by atoms with Gasteiger partial charge in [-0.05, 0) is 31.6 Å². The first-order valence-electron chi connectivity index (χ1n) is 36.2. The van der Waals surface area contributed by atoms with E-state index in [1.807, 2.05) is 0 Å². The fourth-order valence-electron chi connectivity index (χ4n) is 10.4. The number of phosphoric acid groups is 2. The Bertz CT molecular complexity index is 1710. The maximum absolute atomic E-state index is 13.0. The van der Waals surface area contributed by atoms with Gasteiger partial charge in [0.05, 0.1) is 26.4 Å². The molecule has 0 aliphatic rings. The summed E-state index contributed by atoms with van der Waals surface area (Å²) in [5, 5.41) is 10.5. The summed E-state index contributed by atoms with van der Waals surface area (Å²) in [6.45, 7) is 7.19. The molecule has 0 aromatic heterocycles. The lowest BCUT2D eigenvalue weighted by molar-refractivity contribution is -0.161. The van der Waals surface area contributed by atoms with Crippen molar-refractivity contribution >= 4 is 39.5 Å². The molecule has 19 heteroatoms. The number of ether oxygens (including phenoxy) is 4. The molecule has 0 heterocycles. The van der Waals surface area contributed by atoms with E-state index in [2.05, 4.69) is 34.6 Å². The standard InChI is InChI=1S/C69H134O17P2/c1-6-10-13-16-18-20-21-22-23-24-28-31-35-38-43-48-53-67(72)80-59-65(86-69(74)55-50-45-40-36-32-29-26-25-27-30-34-37-42-46-51-62(5)9-4)61-84-88(77,78)82-57-63(70)56-81-87(75,76)83-60-64(58-79-66(71)52-47-41-15-12-8-3)85-68(73)54-49-44-39-33-19-17-14-11-7-2/h62-65,70H,6-61H2,1-5H3,(H,75,76)(H,77,78)/t62?,63-,64+,65+/m0/s1. The van der Waals surface area contributed by atoms with Crippen LogP contribution >= 0.6 is 15.6 Å². The van der Waals surface area contributed by atoms with Crippen LogP contribution < -0.4 is 0 Å². The van der Waals surface area contributed by atoms with Gasteiger partial charge in [0.25, 0.3) is 0 Å². The normalized spacial score (nSPS) is 14.4. The van der Waals surface area contributed by atoms with E-state index in [-0.39, 0.29) is 25.7 Å². The van der Waals surface area contributed by atoms with Crippen molar-refractivity contribution in [3.8, 4) is 0 Å². The predicted octanol–water partition coefficient (Wildman–Crippen LogP) is 19.7. The molecule has 0 aliphatic carbocycles. The Labute approximate surface area is 537 Å². The second-order valence-electron chi connectivity index (χ2n) is 25.2. The second kappa shape index (κ2) is 62.5. The van der Waals surface area contributed by atoms with E-state index >= 15 is 0 Å². The fourth-order valence-corrected chi connectivity index (χ4v) is 12.0. The topological polar surface area (TPSA) is 237 Å². The highest BCUT2D eigenvalue weighted by Crippen LogP contribution is 2.45. The first kappa shape index (κ1) is 86.1. The lowest BCUT2D eigenvalue weighted by atomic mass is 9.99. The first-order valence-corrected chi connectivity index (χ1v) is 39.2. The zero-order valence-corrected chi connectivity index (χ0v) is 58.6. The average molecular weight is 1300 g/mol. The number of phosphoric ester groups is 2. The maximum Gasteiger partial charge on any atom is 0.472 e. The quantitative estimate of drug-likeness (QED) is 0.0222. The molecule has 88 heavy (non-hydrogen) atoms. The van der Waals surface area contributed by atoms with Gasteiger partial charge in [-0.15, -0.1) is 0 Å². The molecule has 522 valence electrons. The Hall–Kier alpha value is -1.94. The van der Waals surface area contributed by atoms with Crippen molar-refractivity contribution in [2.45, 2.75) is 374 Å². The van der Waals surface area contributed by atoms with Crippen LogP contribution in [0.2, 0.25) is 0 Å². The van der Waals surface area contributed by atoms with Gasteiger partial charge in [-0.1, -0.05) is 304 Å². The van der Waals surface area contributed by atoms with Crippen molar-refractivity contribution in [2.24, 2.45) is 5.92 Å². The lowest BCUT2D eigenvalue weighted by Crippen LogP contribution is -2.30. The van der Waals surface area contributed by atoms with Gasteiger partial charge in [-0.3, -0.25) is 37.3 Å². The third-order valence-electron chi connectivity index (χ3n) is 16.4. The Kier molecular flexibility index (Phi) is 61.1. The smallest absolute Gasteiger partial charge is 0.462 e. The summed E-state index contributed by atoms with van der Waals surface area (Å²) in [6.07, 6.45) is 48.9. The minimum absolute atomic E-state index is 0.105. The molecular formula is C69H134O17P2. The molecule has 0 spiro atoms. The molecule has 0 radical (unpaired) electrons. The number of esters is 4. The van der Waals surface area contributed by atoms with Crippen LogP contribution in [-0.4, -0.2) is 96.7 Å². The van der Waals surface area contributed by atoms with Crippen LogP contribution in [0.3, 0.4) is 0 Å². The van der Waals surface area contributed by atoms with Crippen LogP contribution in [0, 0.1) is 5.92 Å². The predicted molar refractivity (Wildman–Crippen MR) is 354 cm³/mol. The minimum atomic E-state index is -4.95. The number of rotatable bonds is 69. The van der Waals surface area contributed by atoms with Crippen molar-refractivity contribution in [1.82, 2.24) is 0 Å². The number of aliphatic hydroxyl groups excluding tert-OH is 1. The van der Waals surface area contributed by atoms with Gasteiger partial charge in [0, 0.05) is 25.7 Å². The van der Waals surface area contributed by atoms with Crippen molar-refractivity contribution in [2.75, 3.05) is 39.6 Å². The molecule has 0 rings (SSSR count). The van der Waals surface area contributed by atoms with Crippen molar-refractivity contribution in [1.29, 1.82) is 0 Å². The molecule has 0 saturated heterocycles. The van der Waals surface area contributed by atoms with Crippen molar-refractivity contribution in [3.63, 3.8) is 0 Å². The Balaban J connectivity index is 5.14. The Morgan fingerprint density at radius 2 is 0.545 bits per heavy atom. The van der Waals surface area contributed by atoms with Crippen LogP contribution in [0.4, 0.5) is 0 Å². The van der Waals surface area contributed by atoms with Gasteiger partial charge in [-0.2, -0.15) is 0 Å². The van der Waals surface area contributed by atoms with E-state index in [9.17, 15) is 43.2 Å². The fraction of sp³-hybridized carbons (Fsp3) is 0.942. The van der Waals surface area contributed by atoms with Gasteiger partial charge in [0.2, 0.25) is 0 Å². The summed E-state index contributed by atoms with van der Waals surface area (Å²) in [7, 11) is -9.88. The SMILES string of the molecule is CCCCCCCCCCCCCCCCCCC(=O)OC[C@H](COP(=O)(O)OC[C@@H](O)COP(=O)(O)OC[C@@H](COC(=O)CCCCCCC)OC(=O)CCCCCCCCCCC)OC(=O)CCCCCCCCCCCCCCCCC(C)CC. The van der Waals surface area contributed by atoms with Crippen LogP contribution in [0.1, 0.15) is 356 Å².